The van der Waals surface area contributed by atoms with Crippen molar-refractivity contribution < 1.29 is 44.3 Å². The van der Waals surface area contributed by atoms with Crippen molar-refractivity contribution in [3.63, 3.8) is 0 Å². The molecule has 4 rings (SSSR count). The zero-order valence-electron chi connectivity index (χ0n) is 18.7. The Hall–Kier alpha value is -3.57. The first-order chi connectivity index (χ1) is 17.2. The number of carbonyl (C=O) groups excluding carboxylic acids is 1. The third kappa shape index (κ3) is 5.28. The topological polar surface area (TPSA) is 33.2 Å². The van der Waals surface area contributed by atoms with Crippen LogP contribution in [0.15, 0.2) is 60.9 Å². The Morgan fingerprint density at radius 2 is 1.49 bits per heavy atom. The Morgan fingerprint density at radius 3 is 2.03 bits per heavy atom. The number of carbonyl (C=O) groups is 1. The molecule has 1 aromatic heterocycles. The fraction of sp³-hybridized carbons (Fsp3) is 0.280. The van der Waals surface area contributed by atoms with Crippen LogP contribution in [0.5, 0.6) is 0 Å². The van der Waals surface area contributed by atoms with Crippen LogP contribution in [0, 0.1) is 0 Å². The summed E-state index contributed by atoms with van der Waals surface area (Å²) in [6.07, 6.45) is -14.1. The maximum absolute atomic E-state index is 14.2. The minimum Gasteiger partial charge on any atom is -0.338 e. The number of nitrogens with zero attached hydrogens (tertiary/aromatic N) is 2. The van der Waals surface area contributed by atoms with E-state index in [2.05, 4.69) is 4.98 Å². The van der Waals surface area contributed by atoms with Gasteiger partial charge in [0.2, 0.25) is 0 Å². The van der Waals surface area contributed by atoms with Crippen LogP contribution in [0.1, 0.15) is 45.0 Å². The molecule has 1 saturated heterocycles. The van der Waals surface area contributed by atoms with Gasteiger partial charge in [-0.1, -0.05) is 36.4 Å². The highest BCUT2D eigenvalue weighted by molar-refractivity contribution is 5.99. The van der Waals surface area contributed by atoms with Crippen LogP contribution in [0.3, 0.4) is 0 Å². The van der Waals surface area contributed by atoms with Gasteiger partial charge in [-0.25, -0.2) is 0 Å². The predicted octanol–water partition coefficient (Wildman–Crippen LogP) is 7.43. The number of likely N-dealkylation sites (tertiary alicyclic amines) is 1. The second kappa shape index (κ2) is 9.38. The molecule has 0 N–H and O–H groups in total. The van der Waals surface area contributed by atoms with Gasteiger partial charge in [-0.3, -0.25) is 9.78 Å². The minimum absolute atomic E-state index is 0.0186. The van der Waals surface area contributed by atoms with Gasteiger partial charge in [0.1, 0.15) is 0 Å². The molecule has 1 unspecified atom stereocenters. The van der Waals surface area contributed by atoms with Gasteiger partial charge in [-0.05, 0) is 35.2 Å². The number of amides is 1. The number of hydrogen-bond acceptors (Lipinski definition) is 2. The van der Waals surface area contributed by atoms with E-state index in [1.54, 1.807) is 12.1 Å². The van der Waals surface area contributed by atoms with Gasteiger partial charge < -0.3 is 4.90 Å². The number of alkyl halides is 9. The van der Waals surface area contributed by atoms with E-state index in [4.69, 9.17) is 0 Å². The summed E-state index contributed by atoms with van der Waals surface area (Å²) in [7, 11) is 0. The van der Waals surface area contributed by atoms with Crippen LogP contribution in [-0.2, 0) is 18.5 Å². The number of rotatable bonds is 3. The highest BCUT2D eigenvalue weighted by Gasteiger charge is 2.52. The lowest BCUT2D eigenvalue weighted by Crippen LogP contribution is -2.34. The molecule has 37 heavy (non-hydrogen) atoms. The molecule has 3 aromatic rings. The monoisotopic (exact) mass is 532 g/mol. The number of aromatic nitrogens is 1. The van der Waals surface area contributed by atoms with E-state index in [1.165, 1.54) is 30.6 Å². The van der Waals surface area contributed by atoms with E-state index in [1.807, 2.05) is 0 Å². The molecule has 0 aliphatic carbocycles. The standard InChI is InChI=1S/C25H17F9N2O/c26-23(27,28)18-11-17(14-5-2-1-3-6-14)20(24(29,30)31)21(25(32,33)34)19(18)22(37)36-10-8-16(13-36)15-7-4-9-35-12-15/h1-7,9,11-12,16H,8,10,13H2. The van der Waals surface area contributed by atoms with Crippen molar-refractivity contribution in [2.75, 3.05) is 13.1 Å². The lowest BCUT2D eigenvalue weighted by atomic mass is 9.86. The lowest BCUT2D eigenvalue weighted by Gasteiger charge is -2.27. The summed E-state index contributed by atoms with van der Waals surface area (Å²) in [5, 5.41) is 0. The average molecular weight is 532 g/mol. The summed E-state index contributed by atoms with van der Waals surface area (Å²) in [5.74, 6) is -2.22. The largest absolute Gasteiger partial charge is 0.417 e. The van der Waals surface area contributed by atoms with Crippen molar-refractivity contribution >= 4 is 5.91 Å². The fourth-order valence-electron chi connectivity index (χ4n) is 4.54. The molecule has 3 nitrogen and oxygen atoms in total. The van der Waals surface area contributed by atoms with Crippen LogP contribution in [0.2, 0.25) is 0 Å². The van der Waals surface area contributed by atoms with E-state index in [9.17, 15) is 44.3 Å². The zero-order chi connectivity index (χ0) is 27.2. The Balaban J connectivity index is 1.97. The predicted molar refractivity (Wildman–Crippen MR) is 114 cm³/mol. The number of halogens is 9. The third-order valence-corrected chi connectivity index (χ3v) is 6.13. The number of hydrogen-bond donors (Lipinski definition) is 0. The maximum Gasteiger partial charge on any atom is 0.417 e. The van der Waals surface area contributed by atoms with Gasteiger partial charge in [0.25, 0.3) is 5.91 Å². The zero-order valence-corrected chi connectivity index (χ0v) is 18.7. The van der Waals surface area contributed by atoms with Crippen LogP contribution < -0.4 is 0 Å². The molecule has 1 fully saturated rings. The van der Waals surface area contributed by atoms with Gasteiger partial charge in [0, 0.05) is 31.4 Å². The molecule has 2 heterocycles. The summed E-state index contributed by atoms with van der Waals surface area (Å²) in [6, 6.07) is 8.81. The second-order valence-corrected chi connectivity index (χ2v) is 8.48. The van der Waals surface area contributed by atoms with E-state index in [0.717, 1.165) is 17.0 Å². The van der Waals surface area contributed by atoms with E-state index < -0.39 is 63.7 Å². The Bertz CT molecular complexity index is 1280. The van der Waals surface area contributed by atoms with Crippen LogP contribution in [0.4, 0.5) is 39.5 Å². The molecule has 1 atom stereocenters. The quantitative estimate of drug-likeness (QED) is 0.329. The first-order valence-corrected chi connectivity index (χ1v) is 10.9. The number of pyridine rings is 1. The Kier molecular flexibility index (Phi) is 6.72. The van der Waals surface area contributed by atoms with Crippen molar-refractivity contribution in [1.29, 1.82) is 0 Å². The molecule has 1 amide bonds. The van der Waals surface area contributed by atoms with Crippen LogP contribution in [-0.4, -0.2) is 28.9 Å². The van der Waals surface area contributed by atoms with Crippen LogP contribution in [0.25, 0.3) is 11.1 Å². The minimum atomic E-state index is -5.93. The average Bonchev–Trinajstić information content (AvgIpc) is 3.32. The van der Waals surface area contributed by atoms with Crippen LogP contribution >= 0.6 is 0 Å². The normalized spacial score (nSPS) is 16.8. The van der Waals surface area contributed by atoms with Crippen molar-refractivity contribution in [2.24, 2.45) is 0 Å². The highest BCUT2D eigenvalue weighted by atomic mass is 19.4. The van der Waals surface area contributed by atoms with Gasteiger partial charge in [0.15, 0.2) is 0 Å². The maximum atomic E-state index is 14.2. The fourth-order valence-corrected chi connectivity index (χ4v) is 4.54. The Morgan fingerprint density at radius 1 is 0.838 bits per heavy atom. The summed E-state index contributed by atoms with van der Waals surface area (Å²) in [4.78, 5) is 17.9. The first kappa shape index (κ1) is 26.5. The summed E-state index contributed by atoms with van der Waals surface area (Å²) in [6.45, 7) is -0.518. The van der Waals surface area contributed by atoms with Gasteiger partial charge in [0.05, 0.1) is 22.3 Å². The molecular weight excluding hydrogens is 515 g/mol. The van der Waals surface area contributed by atoms with Crippen molar-refractivity contribution in [2.45, 2.75) is 30.9 Å². The number of benzene rings is 2. The molecule has 0 spiro atoms. The molecule has 1 aliphatic heterocycles. The highest BCUT2D eigenvalue weighted by Crippen LogP contribution is 2.50. The molecular formula is C25H17F9N2O. The molecule has 0 radical (unpaired) electrons. The third-order valence-electron chi connectivity index (χ3n) is 6.13. The van der Waals surface area contributed by atoms with E-state index >= 15 is 0 Å². The van der Waals surface area contributed by atoms with E-state index in [0.29, 0.717) is 5.56 Å². The molecule has 12 heteroatoms. The smallest absolute Gasteiger partial charge is 0.338 e. The van der Waals surface area contributed by atoms with E-state index in [-0.39, 0.29) is 25.6 Å². The first-order valence-electron chi connectivity index (χ1n) is 10.9. The Labute approximate surface area is 204 Å². The summed E-state index contributed by atoms with van der Waals surface area (Å²) < 4.78 is 127. The second-order valence-electron chi connectivity index (χ2n) is 8.48. The van der Waals surface area contributed by atoms with Gasteiger partial charge in [-0.2, -0.15) is 39.5 Å². The summed E-state index contributed by atoms with van der Waals surface area (Å²) in [5.41, 5.74) is -10.4. The SMILES string of the molecule is O=C(c1c(C(F)(F)F)cc(-c2ccccc2)c(C(F)(F)F)c1C(F)(F)F)N1CCC(c2cccnc2)C1. The molecule has 196 valence electrons. The molecule has 2 aromatic carbocycles. The molecule has 1 aliphatic rings. The van der Waals surface area contributed by atoms with Crippen molar-refractivity contribution in [1.82, 2.24) is 9.88 Å². The molecule has 0 bridgehead atoms. The lowest BCUT2D eigenvalue weighted by molar-refractivity contribution is -0.163. The van der Waals surface area contributed by atoms with Gasteiger partial charge in [-0.15, -0.1) is 0 Å². The van der Waals surface area contributed by atoms with Crippen molar-refractivity contribution in [3.8, 4) is 11.1 Å². The summed E-state index contributed by atoms with van der Waals surface area (Å²) >= 11 is 0. The van der Waals surface area contributed by atoms with Crippen molar-refractivity contribution in [3.05, 3.63) is 88.7 Å². The molecule has 0 saturated carbocycles. The van der Waals surface area contributed by atoms with Gasteiger partial charge >= 0.3 is 18.5 Å².